The maximum atomic E-state index is 12.9. The second kappa shape index (κ2) is 8.92. The number of carbonyl (C=O) groups is 1. The monoisotopic (exact) mass is 443 g/mol. The summed E-state index contributed by atoms with van der Waals surface area (Å²) in [5.41, 5.74) is 2.75. The van der Waals surface area contributed by atoms with E-state index in [1.165, 1.54) is 11.3 Å². The minimum Gasteiger partial charge on any atom is -0.326 e. The Morgan fingerprint density at radius 1 is 1.27 bits per heavy atom. The summed E-state index contributed by atoms with van der Waals surface area (Å²) in [6.45, 7) is 6.45. The molecule has 1 aliphatic rings. The fraction of sp³-hybridized carbons (Fsp3) is 0.391. The van der Waals surface area contributed by atoms with Crippen LogP contribution in [-0.4, -0.2) is 28.5 Å². The van der Waals surface area contributed by atoms with Gasteiger partial charge in [0.2, 0.25) is 5.91 Å². The number of anilines is 1. The zero-order valence-electron chi connectivity index (χ0n) is 17.2. The van der Waals surface area contributed by atoms with Crippen LogP contribution in [0, 0.1) is 5.92 Å². The average molecular weight is 444 g/mol. The molecule has 158 valence electrons. The molecule has 30 heavy (non-hydrogen) atoms. The van der Waals surface area contributed by atoms with Crippen LogP contribution >= 0.6 is 22.9 Å². The fourth-order valence-corrected chi connectivity index (χ4v) is 5.38. The maximum Gasteiger partial charge on any atom is 0.308 e. The second-order valence-corrected chi connectivity index (χ2v) is 9.57. The average Bonchev–Trinajstić information content (AvgIpc) is 3.05. The lowest BCUT2D eigenvalue weighted by Gasteiger charge is -2.32. The Bertz CT molecular complexity index is 1120. The highest BCUT2D eigenvalue weighted by molar-refractivity contribution is 7.16. The molecule has 3 aromatic rings. The standard InChI is InChI=1S/C23H26ClN3O2S/c1-15(2)27-20-10-9-18(12-21(20)30-23(27)29)25-22(28)17-7-5-11-26(14-17)13-16-6-3-4-8-19(16)24/h3-4,6,8-10,12,15,17H,5,7,11,13-14H2,1-2H3,(H,25,28). The Morgan fingerprint density at radius 3 is 2.83 bits per heavy atom. The number of hydrogen-bond acceptors (Lipinski definition) is 4. The van der Waals surface area contributed by atoms with Gasteiger partial charge in [-0.1, -0.05) is 41.1 Å². The van der Waals surface area contributed by atoms with Crippen LogP contribution in [-0.2, 0) is 11.3 Å². The van der Waals surface area contributed by atoms with Gasteiger partial charge in [-0.15, -0.1) is 0 Å². The van der Waals surface area contributed by atoms with E-state index >= 15 is 0 Å². The van der Waals surface area contributed by atoms with Crippen molar-refractivity contribution in [1.29, 1.82) is 0 Å². The number of halogens is 1. The first-order valence-corrected chi connectivity index (χ1v) is 11.5. The quantitative estimate of drug-likeness (QED) is 0.593. The number of fused-ring (bicyclic) bond motifs is 1. The van der Waals surface area contributed by atoms with Crippen molar-refractivity contribution in [3.8, 4) is 0 Å². The van der Waals surface area contributed by atoms with Crippen molar-refractivity contribution in [3.63, 3.8) is 0 Å². The molecule has 2 heterocycles. The van der Waals surface area contributed by atoms with Crippen molar-refractivity contribution in [1.82, 2.24) is 9.47 Å². The highest BCUT2D eigenvalue weighted by atomic mass is 35.5. The van der Waals surface area contributed by atoms with Crippen LogP contribution in [0.5, 0.6) is 0 Å². The van der Waals surface area contributed by atoms with E-state index in [9.17, 15) is 9.59 Å². The normalized spacial score (nSPS) is 17.5. The molecule has 0 radical (unpaired) electrons. The van der Waals surface area contributed by atoms with Gasteiger partial charge in [0.05, 0.1) is 16.1 Å². The highest BCUT2D eigenvalue weighted by Crippen LogP contribution is 2.26. The SMILES string of the molecule is CC(C)n1c(=O)sc2cc(NC(=O)C3CCCN(Cc4ccccc4Cl)C3)ccc21. The van der Waals surface area contributed by atoms with E-state index in [1.807, 2.05) is 56.3 Å². The van der Waals surface area contributed by atoms with Gasteiger partial charge in [-0.2, -0.15) is 0 Å². The second-order valence-electron chi connectivity index (χ2n) is 8.17. The summed E-state index contributed by atoms with van der Waals surface area (Å²) in [7, 11) is 0. The van der Waals surface area contributed by atoms with E-state index in [4.69, 9.17) is 11.6 Å². The van der Waals surface area contributed by atoms with Crippen LogP contribution in [0.3, 0.4) is 0 Å². The summed E-state index contributed by atoms with van der Waals surface area (Å²) >= 11 is 7.52. The Labute approximate surface area is 185 Å². The van der Waals surface area contributed by atoms with Crippen molar-refractivity contribution < 1.29 is 4.79 Å². The summed E-state index contributed by atoms with van der Waals surface area (Å²) in [4.78, 5) is 27.5. The van der Waals surface area contributed by atoms with Crippen LogP contribution in [0.15, 0.2) is 47.3 Å². The zero-order valence-corrected chi connectivity index (χ0v) is 18.8. The number of benzene rings is 2. The van der Waals surface area contributed by atoms with E-state index in [0.717, 1.165) is 59.0 Å². The van der Waals surface area contributed by atoms with Crippen molar-refractivity contribution in [2.24, 2.45) is 5.92 Å². The lowest BCUT2D eigenvalue weighted by molar-refractivity contribution is -0.121. The van der Waals surface area contributed by atoms with Gasteiger partial charge in [-0.25, -0.2) is 0 Å². The number of hydrogen-bond donors (Lipinski definition) is 1. The van der Waals surface area contributed by atoms with Gasteiger partial charge in [-0.05, 0) is 63.1 Å². The third-order valence-electron chi connectivity index (χ3n) is 5.63. The molecule has 0 spiro atoms. The molecule has 1 fully saturated rings. The maximum absolute atomic E-state index is 12.9. The van der Waals surface area contributed by atoms with E-state index < -0.39 is 0 Å². The fourth-order valence-electron chi connectivity index (χ4n) is 4.13. The van der Waals surface area contributed by atoms with Crippen molar-refractivity contribution in [2.75, 3.05) is 18.4 Å². The largest absolute Gasteiger partial charge is 0.326 e. The molecule has 1 N–H and O–H groups in total. The lowest BCUT2D eigenvalue weighted by atomic mass is 9.96. The smallest absolute Gasteiger partial charge is 0.308 e. The molecule has 1 amide bonds. The van der Waals surface area contributed by atoms with Crippen LogP contribution < -0.4 is 10.2 Å². The number of rotatable bonds is 5. The van der Waals surface area contributed by atoms with E-state index in [-0.39, 0.29) is 22.7 Å². The van der Waals surface area contributed by atoms with Gasteiger partial charge >= 0.3 is 4.87 Å². The first-order chi connectivity index (χ1) is 14.4. The predicted molar refractivity (Wildman–Crippen MR) is 125 cm³/mol. The third kappa shape index (κ3) is 4.46. The highest BCUT2D eigenvalue weighted by Gasteiger charge is 2.26. The van der Waals surface area contributed by atoms with E-state index in [2.05, 4.69) is 10.2 Å². The Balaban J connectivity index is 1.44. The predicted octanol–water partition coefficient (Wildman–Crippen LogP) is 5.15. The van der Waals surface area contributed by atoms with E-state index in [0.29, 0.717) is 0 Å². The Morgan fingerprint density at radius 2 is 2.07 bits per heavy atom. The van der Waals surface area contributed by atoms with Gasteiger partial charge in [0.15, 0.2) is 0 Å². The number of nitrogens with one attached hydrogen (secondary N) is 1. The van der Waals surface area contributed by atoms with Crippen LogP contribution in [0.25, 0.3) is 10.2 Å². The Hall–Kier alpha value is -2.15. The molecular weight excluding hydrogens is 418 g/mol. The zero-order chi connectivity index (χ0) is 21.3. The van der Waals surface area contributed by atoms with Crippen LogP contribution in [0.1, 0.15) is 38.3 Å². The van der Waals surface area contributed by atoms with E-state index in [1.54, 1.807) is 4.57 Å². The molecule has 2 aromatic carbocycles. The molecule has 4 rings (SSSR count). The first-order valence-electron chi connectivity index (χ1n) is 10.3. The Kier molecular flexibility index (Phi) is 6.27. The summed E-state index contributed by atoms with van der Waals surface area (Å²) in [6.07, 6.45) is 1.87. The summed E-state index contributed by atoms with van der Waals surface area (Å²) in [6, 6.07) is 13.7. The molecule has 7 heteroatoms. The molecule has 1 unspecified atom stereocenters. The molecule has 0 bridgehead atoms. The number of piperidine rings is 1. The molecule has 0 aliphatic carbocycles. The molecular formula is C23H26ClN3O2S. The molecule has 1 atom stereocenters. The third-order valence-corrected chi connectivity index (χ3v) is 6.91. The number of likely N-dealkylation sites (tertiary alicyclic amines) is 1. The van der Waals surface area contributed by atoms with Gasteiger partial charge in [0.1, 0.15) is 0 Å². The number of nitrogens with zero attached hydrogens (tertiary/aromatic N) is 2. The molecule has 1 saturated heterocycles. The molecule has 5 nitrogen and oxygen atoms in total. The number of thiazole rings is 1. The van der Waals surface area contributed by atoms with Gasteiger partial charge in [0.25, 0.3) is 0 Å². The number of carbonyl (C=O) groups excluding carboxylic acids is 1. The number of aromatic nitrogens is 1. The van der Waals surface area contributed by atoms with Crippen molar-refractivity contribution >= 4 is 44.7 Å². The first kappa shape index (κ1) is 21.1. The van der Waals surface area contributed by atoms with Crippen LogP contribution in [0.2, 0.25) is 5.02 Å². The van der Waals surface area contributed by atoms with Crippen molar-refractivity contribution in [3.05, 3.63) is 62.7 Å². The minimum absolute atomic E-state index is 0.0333. The van der Waals surface area contributed by atoms with Gasteiger partial charge in [-0.3, -0.25) is 19.1 Å². The lowest BCUT2D eigenvalue weighted by Crippen LogP contribution is -2.40. The number of amides is 1. The molecule has 1 aliphatic heterocycles. The van der Waals surface area contributed by atoms with Gasteiger partial charge < -0.3 is 5.32 Å². The summed E-state index contributed by atoms with van der Waals surface area (Å²) < 4.78 is 2.69. The van der Waals surface area contributed by atoms with Crippen molar-refractivity contribution in [2.45, 2.75) is 39.3 Å². The van der Waals surface area contributed by atoms with Gasteiger partial charge in [0, 0.05) is 29.8 Å². The minimum atomic E-state index is -0.0593. The molecule has 1 aromatic heterocycles. The van der Waals surface area contributed by atoms with Crippen LogP contribution in [0.4, 0.5) is 5.69 Å². The summed E-state index contributed by atoms with van der Waals surface area (Å²) in [5.74, 6) is -0.0233. The molecule has 0 saturated carbocycles. The topological polar surface area (TPSA) is 54.3 Å². The summed E-state index contributed by atoms with van der Waals surface area (Å²) in [5, 5.41) is 3.83.